The number of benzene rings is 2. The summed E-state index contributed by atoms with van der Waals surface area (Å²) in [6.45, 7) is 0. The number of halogens is 1. The van der Waals surface area contributed by atoms with Gasteiger partial charge in [0.25, 0.3) is 0 Å². The van der Waals surface area contributed by atoms with E-state index >= 15 is 0 Å². The first kappa shape index (κ1) is 17.1. The van der Waals surface area contributed by atoms with Gasteiger partial charge in [-0.3, -0.25) is 0 Å². The molecule has 2 rings (SSSR count). The van der Waals surface area contributed by atoms with Crippen LogP contribution in [0.2, 0.25) is 5.02 Å². The topological polar surface area (TPSA) is 73.6 Å². The van der Waals surface area contributed by atoms with Crippen molar-refractivity contribution in [3.05, 3.63) is 94.2 Å². The fourth-order valence-electron chi connectivity index (χ4n) is 2.05. The average molecular weight is 332 g/mol. The van der Waals surface area contributed by atoms with Gasteiger partial charge in [0.05, 0.1) is 5.70 Å². The molecule has 24 heavy (non-hydrogen) atoms. The van der Waals surface area contributed by atoms with Crippen molar-refractivity contribution >= 4 is 23.3 Å². The summed E-state index contributed by atoms with van der Waals surface area (Å²) in [5, 5.41) is 18.5. The number of allylic oxidation sites excluding steroid dienone is 4. The second-order valence-corrected chi connectivity index (χ2v) is 5.34. The SMILES string of the molecule is N#CC(C#N)=C(N)C=C(C=Cc1cccc(Cl)c1)c1ccccc1. The minimum Gasteiger partial charge on any atom is -0.397 e. The number of nitrogens with zero attached hydrogens (tertiary/aromatic N) is 2. The first-order valence-electron chi connectivity index (χ1n) is 7.14. The Balaban J connectivity index is 2.47. The number of hydrogen-bond acceptors (Lipinski definition) is 3. The molecule has 116 valence electrons. The lowest BCUT2D eigenvalue weighted by atomic mass is 10.0. The van der Waals surface area contributed by atoms with Gasteiger partial charge in [0.1, 0.15) is 12.1 Å². The average Bonchev–Trinajstić information content (AvgIpc) is 2.60. The number of nitriles is 2. The Kier molecular flexibility index (Phi) is 5.97. The van der Waals surface area contributed by atoms with Crippen LogP contribution < -0.4 is 5.73 Å². The standard InChI is InChI=1S/C20H14ClN3/c21-19-8-4-5-15(11-19)9-10-17(16-6-2-1-3-7-16)12-20(24)18(13-22)14-23/h1-12H,24H2. The fourth-order valence-corrected chi connectivity index (χ4v) is 2.25. The van der Waals surface area contributed by atoms with Gasteiger partial charge in [-0.1, -0.05) is 66.2 Å². The quantitative estimate of drug-likeness (QED) is 0.652. The normalized spacial score (nSPS) is 10.9. The van der Waals surface area contributed by atoms with E-state index in [1.807, 2.05) is 60.7 Å². The van der Waals surface area contributed by atoms with Gasteiger partial charge in [-0.05, 0) is 34.9 Å². The highest BCUT2D eigenvalue weighted by atomic mass is 35.5. The maximum absolute atomic E-state index is 8.95. The van der Waals surface area contributed by atoms with E-state index in [4.69, 9.17) is 27.9 Å². The van der Waals surface area contributed by atoms with Crippen molar-refractivity contribution in [2.45, 2.75) is 0 Å². The highest BCUT2D eigenvalue weighted by molar-refractivity contribution is 6.30. The molecule has 0 fully saturated rings. The largest absolute Gasteiger partial charge is 0.397 e. The predicted octanol–water partition coefficient (Wildman–Crippen LogP) is 4.70. The number of hydrogen-bond donors (Lipinski definition) is 1. The van der Waals surface area contributed by atoms with Gasteiger partial charge in [0.15, 0.2) is 5.57 Å². The minimum atomic E-state index is -0.111. The zero-order valence-corrected chi connectivity index (χ0v) is 13.5. The van der Waals surface area contributed by atoms with E-state index < -0.39 is 0 Å². The van der Waals surface area contributed by atoms with Crippen LogP contribution in [0.1, 0.15) is 11.1 Å². The molecule has 0 radical (unpaired) electrons. The summed E-state index contributed by atoms with van der Waals surface area (Å²) in [5.74, 6) is 0. The van der Waals surface area contributed by atoms with E-state index in [1.54, 1.807) is 24.3 Å². The van der Waals surface area contributed by atoms with Crippen LogP contribution in [0.25, 0.3) is 11.6 Å². The molecular weight excluding hydrogens is 318 g/mol. The molecule has 0 heterocycles. The van der Waals surface area contributed by atoms with E-state index in [-0.39, 0.29) is 11.3 Å². The monoisotopic (exact) mass is 331 g/mol. The van der Waals surface area contributed by atoms with Crippen molar-refractivity contribution in [3.63, 3.8) is 0 Å². The molecule has 0 spiro atoms. The second-order valence-electron chi connectivity index (χ2n) is 4.91. The molecule has 0 unspecified atom stereocenters. The van der Waals surface area contributed by atoms with Crippen molar-refractivity contribution in [2.75, 3.05) is 0 Å². The number of rotatable bonds is 4. The molecule has 2 aromatic carbocycles. The van der Waals surface area contributed by atoms with Crippen LogP contribution in [0.15, 0.2) is 78.0 Å². The Morgan fingerprint density at radius 3 is 2.33 bits per heavy atom. The molecule has 0 aromatic heterocycles. The Labute approximate surface area is 146 Å². The van der Waals surface area contributed by atoms with E-state index in [1.165, 1.54) is 0 Å². The van der Waals surface area contributed by atoms with Gasteiger partial charge in [-0.25, -0.2) is 0 Å². The zero-order valence-electron chi connectivity index (χ0n) is 12.8. The van der Waals surface area contributed by atoms with Gasteiger partial charge in [0.2, 0.25) is 0 Å². The van der Waals surface area contributed by atoms with Gasteiger partial charge in [0, 0.05) is 5.02 Å². The van der Waals surface area contributed by atoms with Crippen molar-refractivity contribution in [2.24, 2.45) is 5.73 Å². The van der Waals surface area contributed by atoms with Crippen molar-refractivity contribution in [1.82, 2.24) is 0 Å². The Morgan fingerprint density at radius 2 is 1.71 bits per heavy atom. The van der Waals surface area contributed by atoms with Crippen LogP contribution in [-0.2, 0) is 0 Å². The Hall–Kier alpha value is -3.27. The smallest absolute Gasteiger partial charge is 0.152 e. The van der Waals surface area contributed by atoms with E-state index in [0.29, 0.717) is 5.02 Å². The first-order chi connectivity index (χ1) is 11.6. The molecule has 0 amide bonds. The third-order valence-corrected chi connectivity index (χ3v) is 3.47. The molecule has 0 atom stereocenters. The molecule has 2 aromatic rings. The number of nitrogens with two attached hydrogens (primary N) is 1. The van der Waals surface area contributed by atoms with Crippen LogP contribution >= 0.6 is 11.6 Å². The summed E-state index contributed by atoms with van der Waals surface area (Å²) >= 11 is 5.99. The Morgan fingerprint density at radius 1 is 1.00 bits per heavy atom. The van der Waals surface area contributed by atoms with Crippen LogP contribution in [0.3, 0.4) is 0 Å². The van der Waals surface area contributed by atoms with Gasteiger partial charge >= 0.3 is 0 Å². The lowest BCUT2D eigenvalue weighted by molar-refractivity contribution is 1.35. The van der Waals surface area contributed by atoms with Crippen LogP contribution in [-0.4, -0.2) is 0 Å². The molecule has 0 bridgehead atoms. The fraction of sp³-hybridized carbons (Fsp3) is 0. The van der Waals surface area contributed by atoms with Crippen molar-refractivity contribution in [3.8, 4) is 12.1 Å². The lowest BCUT2D eigenvalue weighted by Gasteiger charge is -2.04. The third kappa shape index (κ3) is 4.61. The lowest BCUT2D eigenvalue weighted by Crippen LogP contribution is -1.98. The summed E-state index contributed by atoms with van der Waals surface area (Å²) in [7, 11) is 0. The molecule has 0 saturated heterocycles. The van der Waals surface area contributed by atoms with Crippen LogP contribution in [0.5, 0.6) is 0 Å². The summed E-state index contributed by atoms with van der Waals surface area (Å²) < 4.78 is 0. The first-order valence-corrected chi connectivity index (χ1v) is 7.52. The molecule has 0 aliphatic heterocycles. The summed E-state index contributed by atoms with van der Waals surface area (Å²) in [5.41, 5.74) is 8.55. The summed E-state index contributed by atoms with van der Waals surface area (Å²) in [6.07, 6.45) is 5.40. The summed E-state index contributed by atoms with van der Waals surface area (Å²) in [6, 6.07) is 20.6. The highest BCUT2D eigenvalue weighted by Crippen LogP contribution is 2.20. The van der Waals surface area contributed by atoms with Gasteiger partial charge < -0.3 is 5.73 Å². The minimum absolute atomic E-state index is 0.111. The van der Waals surface area contributed by atoms with Crippen LogP contribution in [0.4, 0.5) is 0 Å². The second kappa shape index (κ2) is 8.39. The molecule has 0 aliphatic carbocycles. The van der Waals surface area contributed by atoms with E-state index in [9.17, 15) is 0 Å². The zero-order chi connectivity index (χ0) is 17.4. The maximum atomic E-state index is 8.95. The molecule has 2 N–H and O–H groups in total. The van der Waals surface area contributed by atoms with Crippen molar-refractivity contribution < 1.29 is 0 Å². The van der Waals surface area contributed by atoms with Gasteiger partial charge in [-0.15, -0.1) is 0 Å². The molecule has 0 aliphatic rings. The maximum Gasteiger partial charge on any atom is 0.152 e. The van der Waals surface area contributed by atoms with E-state index in [0.717, 1.165) is 16.7 Å². The highest BCUT2D eigenvalue weighted by Gasteiger charge is 2.03. The molecule has 4 heteroatoms. The van der Waals surface area contributed by atoms with Crippen molar-refractivity contribution in [1.29, 1.82) is 10.5 Å². The van der Waals surface area contributed by atoms with E-state index in [2.05, 4.69) is 0 Å². The molecular formula is C20H14ClN3. The predicted molar refractivity (Wildman–Crippen MR) is 97.3 cm³/mol. The van der Waals surface area contributed by atoms with Crippen LogP contribution in [0, 0.1) is 22.7 Å². The van der Waals surface area contributed by atoms with Gasteiger partial charge in [-0.2, -0.15) is 10.5 Å². The third-order valence-electron chi connectivity index (χ3n) is 3.23. The molecule has 3 nitrogen and oxygen atoms in total. The Bertz CT molecular complexity index is 878. The summed E-state index contributed by atoms with van der Waals surface area (Å²) in [4.78, 5) is 0. The molecule has 0 saturated carbocycles.